The zero-order valence-electron chi connectivity index (χ0n) is 13.6. The van der Waals surface area contributed by atoms with Crippen molar-refractivity contribution in [1.29, 1.82) is 0 Å². The van der Waals surface area contributed by atoms with Crippen LogP contribution in [0.25, 0.3) is 0 Å². The molecular weight excluding hydrogens is 401 g/mol. The molecule has 0 saturated carbocycles. The van der Waals surface area contributed by atoms with Gasteiger partial charge in [0.25, 0.3) is 0 Å². The Hall–Kier alpha value is -1.34. The number of hydrogen-bond acceptors (Lipinski definition) is 3. The van der Waals surface area contributed by atoms with Gasteiger partial charge in [0.2, 0.25) is 0 Å². The van der Waals surface area contributed by atoms with Gasteiger partial charge in [-0.2, -0.15) is 0 Å². The van der Waals surface area contributed by atoms with Crippen LogP contribution in [0.15, 0.2) is 23.0 Å². The zero-order chi connectivity index (χ0) is 17.9. The van der Waals surface area contributed by atoms with Crippen molar-refractivity contribution in [3.8, 4) is 0 Å². The third-order valence-electron chi connectivity index (χ3n) is 3.24. The predicted octanol–water partition coefficient (Wildman–Crippen LogP) is 1.96. The first kappa shape index (κ1) is 19.0. The average Bonchev–Trinajstić information content (AvgIpc) is 2.45. The molecule has 0 aliphatic rings. The molecule has 130 valence electrons. The summed E-state index contributed by atoms with van der Waals surface area (Å²) in [6.07, 6.45) is 0. The van der Waals surface area contributed by atoms with Crippen LogP contribution >= 0.6 is 12.2 Å². The maximum absolute atomic E-state index is 13.5. The van der Waals surface area contributed by atoms with Gasteiger partial charge in [-0.1, -0.05) is 0 Å². The van der Waals surface area contributed by atoms with Crippen LogP contribution in [-0.2, 0) is 11.5 Å². The molecule has 0 unspecified atom stereocenters. The molecule has 4 nitrogen and oxygen atoms in total. The first-order chi connectivity index (χ1) is 11.3. The van der Waals surface area contributed by atoms with Gasteiger partial charge >= 0.3 is 150 Å². The fourth-order valence-corrected chi connectivity index (χ4v) is 5.19. The first-order valence-corrected chi connectivity index (χ1v) is 9.54. The molecule has 0 aliphatic heterocycles. The van der Waals surface area contributed by atoms with Gasteiger partial charge in [-0.3, -0.25) is 0 Å². The normalized spacial score (nSPS) is 11.2. The number of aromatic amines is 1. The van der Waals surface area contributed by atoms with Crippen molar-refractivity contribution in [2.45, 2.75) is 33.4 Å². The number of H-pyrrole nitrogens is 1. The topological polar surface area (TPSA) is 47.0 Å². The summed E-state index contributed by atoms with van der Waals surface area (Å²) >= 11 is 4.75. The molecular formula is C16H18F2N2O2SSe. The van der Waals surface area contributed by atoms with E-state index in [1.54, 1.807) is 4.57 Å². The van der Waals surface area contributed by atoms with Crippen LogP contribution in [0.4, 0.5) is 8.78 Å². The van der Waals surface area contributed by atoms with Crippen molar-refractivity contribution < 1.29 is 13.5 Å². The van der Waals surface area contributed by atoms with E-state index in [4.69, 9.17) is 17.0 Å². The van der Waals surface area contributed by atoms with Gasteiger partial charge in [0, 0.05) is 0 Å². The van der Waals surface area contributed by atoms with E-state index in [2.05, 4.69) is 4.98 Å². The number of aromatic nitrogens is 2. The Bertz CT molecular complexity index is 829. The second-order valence-electron chi connectivity index (χ2n) is 5.39. The quantitative estimate of drug-likeness (QED) is 0.575. The minimum absolute atomic E-state index is 0.0625. The van der Waals surface area contributed by atoms with Crippen molar-refractivity contribution >= 4 is 36.2 Å². The average molecular weight is 419 g/mol. The van der Waals surface area contributed by atoms with Crippen molar-refractivity contribution in [3.05, 3.63) is 50.5 Å². The van der Waals surface area contributed by atoms with Gasteiger partial charge in [0.1, 0.15) is 0 Å². The van der Waals surface area contributed by atoms with E-state index in [1.807, 2.05) is 20.8 Å². The van der Waals surface area contributed by atoms with Crippen LogP contribution in [0.1, 0.15) is 32.3 Å². The Morgan fingerprint density at radius 1 is 1.29 bits per heavy atom. The molecule has 2 rings (SSSR count). The first-order valence-electron chi connectivity index (χ1n) is 7.42. The van der Waals surface area contributed by atoms with E-state index in [9.17, 15) is 13.6 Å². The summed E-state index contributed by atoms with van der Waals surface area (Å²) in [5, 5.41) is 0. The molecule has 1 N–H and O–H groups in total. The van der Waals surface area contributed by atoms with Crippen molar-refractivity contribution in [1.82, 2.24) is 9.55 Å². The minimum atomic E-state index is -0.641. The summed E-state index contributed by atoms with van der Waals surface area (Å²) in [4.78, 5) is 15.0. The van der Waals surface area contributed by atoms with Crippen molar-refractivity contribution in [2.24, 2.45) is 0 Å². The fraction of sp³-hybridized carbons (Fsp3) is 0.375. The molecule has 0 spiro atoms. The maximum atomic E-state index is 13.5. The van der Waals surface area contributed by atoms with Crippen LogP contribution in [-0.4, -0.2) is 31.1 Å². The molecule has 0 radical (unpaired) electrons. The van der Waals surface area contributed by atoms with Gasteiger partial charge in [-0.15, -0.1) is 0 Å². The summed E-state index contributed by atoms with van der Waals surface area (Å²) in [6.45, 7) is 6.31. The number of benzene rings is 1. The van der Waals surface area contributed by atoms with E-state index in [0.717, 1.165) is 6.07 Å². The Kier molecular flexibility index (Phi) is 6.46. The number of halogens is 2. The van der Waals surface area contributed by atoms with E-state index in [-0.39, 0.29) is 23.0 Å². The van der Waals surface area contributed by atoms with E-state index in [0.29, 0.717) is 21.2 Å². The second-order valence-corrected chi connectivity index (χ2v) is 8.01. The second kappa shape index (κ2) is 8.16. The van der Waals surface area contributed by atoms with Crippen molar-refractivity contribution in [2.75, 3.05) is 6.61 Å². The van der Waals surface area contributed by atoms with Crippen molar-refractivity contribution in [3.63, 3.8) is 0 Å². The SMILES string of the molecule is CCOCn1c([Se]c2cc(F)cc(F)c2)c(C(C)C)c(=O)[nH]c1=S. The monoisotopic (exact) mass is 420 g/mol. The Morgan fingerprint density at radius 2 is 1.92 bits per heavy atom. The van der Waals surface area contributed by atoms with Crippen LogP contribution in [0.2, 0.25) is 0 Å². The van der Waals surface area contributed by atoms with Crippen LogP contribution in [0, 0.1) is 16.4 Å². The summed E-state index contributed by atoms with van der Waals surface area (Å²) < 4.78 is 35.5. The van der Waals surface area contributed by atoms with Gasteiger partial charge < -0.3 is 0 Å². The number of ether oxygens (including phenoxy) is 1. The Balaban J connectivity index is 2.63. The molecule has 0 amide bonds. The van der Waals surface area contributed by atoms with Gasteiger partial charge in [0.05, 0.1) is 0 Å². The molecule has 0 atom stereocenters. The third kappa shape index (κ3) is 4.39. The van der Waals surface area contributed by atoms with E-state index >= 15 is 0 Å². The molecule has 8 heteroatoms. The number of nitrogens with zero attached hydrogens (tertiary/aromatic N) is 1. The molecule has 0 bridgehead atoms. The predicted molar refractivity (Wildman–Crippen MR) is 93.0 cm³/mol. The summed E-state index contributed by atoms with van der Waals surface area (Å²) in [5.41, 5.74) is 0.296. The molecule has 0 aliphatic carbocycles. The zero-order valence-corrected chi connectivity index (χ0v) is 16.1. The molecule has 0 saturated heterocycles. The van der Waals surface area contributed by atoms with E-state index in [1.165, 1.54) is 12.1 Å². The number of nitrogens with one attached hydrogen (secondary N) is 1. The summed E-state index contributed by atoms with van der Waals surface area (Å²) in [7, 11) is 0. The molecule has 1 aromatic carbocycles. The summed E-state index contributed by atoms with van der Waals surface area (Å²) in [6, 6.07) is 3.39. The fourth-order valence-electron chi connectivity index (χ4n) is 2.18. The van der Waals surface area contributed by atoms with Gasteiger partial charge in [0.15, 0.2) is 0 Å². The molecule has 0 fully saturated rings. The third-order valence-corrected chi connectivity index (χ3v) is 5.88. The van der Waals surface area contributed by atoms with Crippen LogP contribution in [0.3, 0.4) is 0 Å². The number of hydrogen-bond donors (Lipinski definition) is 1. The standard InChI is InChI=1S/C16H18F2N2O2SSe/c1-4-22-8-20-15(13(9(2)3)14(21)19-16(20)23)24-12-6-10(17)5-11(18)7-12/h5-7,9H,4,8H2,1-3H3,(H,19,21,23). The Labute approximate surface area is 150 Å². The Morgan fingerprint density at radius 3 is 2.46 bits per heavy atom. The van der Waals surface area contributed by atoms with Gasteiger partial charge in [-0.25, -0.2) is 0 Å². The van der Waals surface area contributed by atoms with Crippen LogP contribution < -0.4 is 14.6 Å². The molecule has 1 heterocycles. The number of rotatable bonds is 6. The molecule has 2 aromatic rings. The molecule has 24 heavy (non-hydrogen) atoms. The molecule has 1 aromatic heterocycles. The van der Waals surface area contributed by atoms with Gasteiger partial charge in [-0.05, 0) is 0 Å². The van der Waals surface area contributed by atoms with Crippen LogP contribution in [0.5, 0.6) is 0 Å². The van der Waals surface area contributed by atoms with E-state index < -0.39 is 26.6 Å². The summed E-state index contributed by atoms with van der Waals surface area (Å²) in [5.74, 6) is -1.34.